The number of para-hydroxylation sites is 1. The van der Waals surface area contributed by atoms with Crippen molar-refractivity contribution in [3.63, 3.8) is 0 Å². The fraction of sp³-hybridized carbons (Fsp3) is 0.160. The molecular weight excluding hydrogens is 436 g/mol. The molecule has 1 aliphatic heterocycles. The third-order valence-corrected chi connectivity index (χ3v) is 6.17. The number of ether oxygens (including phenoxy) is 3. The molecule has 1 aliphatic rings. The van der Waals surface area contributed by atoms with E-state index in [1.807, 2.05) is 60.7 Å². The van der Waals surface area contributed by atoms with Crippen molar-refractivity contribution in [2.75, 3.05) is 19.5 Å². The number of thioether (sulfide) groups is 1. The van der Waals surface area contributed by atoms with Crippen LogP contribution >= 0.6 is 11.8 Å². The van der Waals surface area contributed by atoms with Crippen LogP contribution in [0.2, 0.25) is 0 Å². The van der Waals surface area contributed by atoms with E-state index in [4.69, 9.17) is 19.2 Å². The first-order valence-corrected chi connectivity index (χ1v) is 11.4. The number of benzene rings is 3. The fourth-order valence-corrected chi connectivity index (χ4v) is 4.35. The van der Waals surface area contributed by atoms with Crippen molar-refractivity contribution in [1.29, 1.82) is 0 Å². The highest BCUT2D eigenvalue weighted by Crippen LogP contribution is 2.41. The van der Waals surface area contributed by atoms with Gasteiger partial charge in [0.1, 0.15) is 11.5 Å². The maximum Gasteiger partial charge on any atom is 0.247 e. The zero-order valence-corrected chi connectivity index (χ0v) is 19.0. The van der Waals surface area contributed by atoms with Crippen molar-refractivity contribution >= 4 is 17.4 Å². The topological polar surface area (TPSA) is 78.4 Å². The van der Waals surface area contributed by atoms with Crippen LogP contribution in [0.1, 0.15) is 17.4 Å². The molecule has 0 aliphatic carbocycles. The zero-order chi connectivity index (χ0) is 22.6. The lowest BCUT2D eigenvalue weighted by Crippen LogP contribution is -2.18. The highest BCUT2D eigenvalue weighted by molar-refractivity contribution is 7.98. The Balaban J connectivity index is 1.53. The summed E-state index contributed by atoms with van der Waals surface area (Å²) >= 11 is 1.52. The number of hydrogen-bond donors (Lipinski definition) is 1. The van der Waals surface area contributed by atoms with Crippen molar-refractivity contribution in [3.05, 3.63) is 83.9 Å². The summed E-state index contributed by atoms with van der Waals surface area (Å²) in [4.78, 5) is 4.72. The molecule has 0 radical (unpaired) electrons. The van der Waals surface area contributed by atoms with Gasteiger partial charge >= 0.3 is 0 Å². The first-order valence-electron chi connectivity index (χ1n) is 10.4. The molecule has 33 heavy (non-hydrogen) atoms. The summed E-state index contributed by atoms with van der Waals surface area (Å²) in [6.07, 6.45) is -0.568. The largest absolute Gasteiger partial charge is 0.497 e. The molecule has 0 saturated carbocycles. The van der Waals surface area contributed by atoms with Crippen LogP contribution < -0.4 is 19.5 Å². The first-order chi connectivity index (χ1) is 16.2. The lowest BCUT2D eigenvalue weighted by atomic mass is 10.1. The van der Waals surface area contributed by atoms with Gasteiger partial charge in [0.15, 0.2) is 5.69 Å². The van der Waals surface area contributed by atoms with Gasteiger partial charge in [0.25, 0.3) is 0 Å². The fourth-order valence-electron chi connectivity index (χ4n) is 3.62. The van der Waals surface area contributed by atoms with Crippen molar-refractivity contribution < 1.29 is 14.2 Å². The summed E-state index contributed by atoms with van der Waals surface area (Å²) in [6.45, 7) is 0. The Bertz CT molecular complexity index is 1270. The second-order valence-electron chi connectivity index (χ2n) is 7.32. The van der Waals surface area contributed by atoms with Gasteiger partial charge in [-0.2, -0.15) is 4.98 Å². The predicted molar refractivity (Wildman–Crippen MR) is 128 cm³/mol. The summed E-state index contributed by atoms with van der Waals surface area (Å²) in [5.74, 6) is 2.53. The lowest BCUT2D eigenvalue weighted by Gasteiger charge is -2.21. The van der Waals surface area contributed by atoms with Crippen LogP contribution in [0.25, 0.3) is 11.3 Å². The molecular formula is C25H22N4O3S. The van der Waals surface area contributed by atoms with Crippen LogP contribution in [-0.4, -0.2) is 29.4 Å². The smallest absolute Gasteiger partial charge is 0.247 e. The van der Waals surface area contributed by atoms with Crippen LogP contribution in [-0.2, 0) is 5.75 Å². The Morgan fingerprint density at radius 2 is 1.76 bits per heavy atom. The Hall–Kier alpha value is -3.78. The molecule has 2 heterocycles. The number of anilines is 1. The molecule has 166 valence electrons. The van der Waals surface area contributed by atoms with E-state index in [2.05, 4.69) is 27.6 Å². The number of hydrogen-bond acceptors (Lipinski definition) is 8. The van der Waals surface area contributed by atoms with E-state index in [0.29, 0.717) is 28.2 Å². The third-order valence-electron chi connectivity index (χ3n) is 5.26. The number of nitrogens with zero attached hydrogens (tertiary/aromatic N) is 3. The Morgan fingerprint density at radius 3 is 2.58 bits per heavy atom. The second kappa shape index (κ2) is 9.38. The summed E-state index contributed by atoms with van der Waals surface area (Å²) in [5.41, 5.74) is 4.31. The maximum absolute atomic E-state index is 6.39. The predicted octanol–water partition coefficient (Wildman–Crippen LogP) is 5.35. The molecule has 0 bridgehead atoms. The van der Waals surface area contributed by atoms with E-state index in [0.717, 1.165) is 22.6 Å². The van der Waals surface area contributed by atoms with Crippen LogP contribution in [0.5, 0.6) is 17.4 Å². The van der Waals surface area contributed by atoms with E-state index in [1.54, 1.807) is 14.2 Å². The number of fused-ring (bicyclic) bond motifs is 3. The van der Waals surface area contributed by atoms with Gasteiger partial charge in [0.05, 0.1) is 19.8 Å². The molecule has 5 rings (SSSR count). The highest BCUT2D eigenvalue weighted by Gasteiger charge is 2.28. The zero-order valence-electron chi connectivity index (χ0n) is 18.2. The Kier molecular flexibility index (Phi) is 5.99. The first kappa shape index (κ1) is 21.1. The summed E-state index contributed by atoms with van der Waals surface area (Å²) < 4.78 is 17.4. The van der Waals surface area contributed by atoms with Gasteiger partial charge in [0, 0.05) is 17.0 Å². The van der Waals surface area contributed by atoms with E-state index in [-0.39, 0.29) is 0 Å². The van der Waals surface area contributed by atoms with Crippen LogP contribution in [0.4, 0.5) is 5.69 Å². The van der Waals surface area contributed by atoms with E-state index in [9.17, 15) is 0 Å². The average molecular weight is 459 g/mol. The van der Waals surface area contributed by atoms with E-state index in [1.165, 1.54) is 17.3 Å². The lowest BCUT2D eigenvalue weighted by molar-refractivity contribution is 0.219. The Labute approximate surface area is 196 Å². The van der Waals surface area contributed by atoms with Crippen molar-refractivity contribution in [2.45, 2.75) is 17.1 Å². The second-order valence-corrected chi connectivity index (χ2v) is 8.26. The van der Waals surface area contributed by atoms with Crippen LogP contribution in [0.15, 0.2) is 78.0 Å². The third kappa shape index (κ3) is 4.42. The quantitative estimate of drug-likeness (QED) is 0.387. The maximum atomic E-state index is 6.39. The van der Waals surface area contributed by atoms with Gasteiger partial charge in [-0.15, -0.1) is 10.2 Å². The SMILES string of the molecule is COc1ccc(OC)c(C2Nc3ccccc3-c3nnc(SCc4ccccc4)nc3O2)c1. The van der Waals surface area contributed by atoms with E-state index < -0.39 is 6.23 Å². The summed E-state index contributed by atoms with van der Waals surface area (Å²) in [7, 11) is 3.26. The normalized spacial score (nSPS) is 14.2. The average Bonchev–Trinajstić information content (AvgIpc) is 3.04. The molecule has 0 spiro atoms. The summed E-state index contributed by atoms with van der Waals surface area (Å²) in [5, 5.41) is 12.8. The van der Waals surface area contributed by atoms with Crippen LogP contribution in [0, 0.1) is 0 Å². The number of aromatic nitrogens is 3. The molecule has 1 N–H and O–H groups in total. The molecule has 0 fully saturated rings. The Morgan fingerprint density at radius 1 is 0.939 bits per heavy atom. The number of rotatable bonds is 6. The molecule has 7 nitrogen and oxygen atoms in total. The summed E-state index contributed by atoms with van der Waals surface area (Å²) in [6, 6.07) is 23.7. The van der Waals surface area contributed by atoms with Crippen molar-refractivity contribution in [2.24, 2.45) is 0 Å². The van der Waals surface area contributed by atoms with E-state index >= 15 is 0 Å². The highest BCUT2D eigenvalue weighted by atomic mass is 32.2. The number of nitrogens with one attached hydrogen (secondary N) is 1. The van der Waals surface area contributed by atoms with Gasteiger partial charge in [-0.25, -0.2) is 0 Å². The molecule has 1 unspecified atom stereocenters. The minimum absolute atomic E-state index is 0.410. The van der Waals surface area contributed by atoms with Crippen molar-refractivity contribution in [3.8, 4) is 28.6 Å². The van der Waals surface area contributed by atoms with Crippen LogP contribution in [0.3, 0.4) is 0 Å². The van der Waals surface area contributed by atoms with Gasteiger partial charge in [0.2, 0.25) is 17.3 Å². The molecule has 1 aromatic heterocycles. The van der Waals surface area contributed by atoms with Gasteiger partial charge < -0.3 is 19.5 Å². The molecule has 0 amide bonds. The minimum atomic E-state index is -0.568. The number of methoxy groups -OCH3 is 2. The standard InChI is InChI=1S/C25H22N4O3S/c1-30-17-12-13-21(31-2)19(14-17)23-26-20-11-7-6-10-18(20)22-24(32-23)27-25(29-28-22)33-15-16-8-4-3-5-9-16/h3-14,23,26H,15H2,1-2H3. The van der Waals surface area contributed by atoms with Gasteiger partial charge in [-0.3, -0.25) is 0 Å². The molecule has 3 aromatic carbocycles. The van der Waals surface area contributed by atoms with Gasteiger partial charge in [-0.05, 0) is 29.8 Å². The van der Waals surface area contributed by atoms with Crippen molar-refractivity contribution in [1.82, 2.24) is 15.2 Å². The monoisotopic (exact) mass is 458 g/mol. The minimum Gasteiger partial charge on any atom is -0.497 e. The van der Waals surface area contributed by atoms with Gasteiger partial charge in [-0.1, -0.05) is 60.3 Å². The molecule has 8 heteroatoms. The molecule has 1 atom stereocenters. The molecule has 0 saturated heterocycles. The molecule has 4 aromatic rings.